The van der Waals surface area contributed by atoms with E-state index < -0.39 is 10.8 Å². The number of aromatic nitrogens is 3. The van der Waals surface area contributed by atoms with Crippen LogP contribution in [-0.4, -0.2) is 20.1 Å². The van der Waals surface area contributed by atoms with Gasteiger partial charge in [-0.05, 0) is 49.4 Å². The van der Waals surface area contributed by atoms with Gasteiger partial charge in [0.1, 0.15) is 11.6 Å². The Morgan fingerprint density at radius 2 is 1.78 bits per heavy atom. The molecular weight excluding hydrogens is 463 g/mol. The second kappa shape index (κ2) is 8.21. The van der Waals surface area contributed by atoms with Crippen LogP contribution < -0.4 is 0 Å². The van der Waals surface area contributed by atoms with Crippen LogP contribution in [0.4, 0.5) is 4.39 Å². The molecule has 0 unspecified atom stereocenters. The molecule has 2 aromatic carbocycles. The first-order chi connectivity index (χ1) is 17.8. The van der Waals surface area contributed by atoms with Crippen molar-refractivity contribution < 1.29 is 9.50 Å². The zero-order chi connectivity index (χ0) is 25.9. The number of aliphatic hydroxyl groups excluding tert-OH is 1. The lowest BCUT2D eigenvalue weighted by Crippen LogP contribution is -2.49. The van der Waals surface area contributed by atoms with Crippen molar-refractivity contribution in [1.29, 1.82) is 0 Å². The number of nitrogens with zero attached hydrogens (tertiary/aromatic N) is 4. The van der Waals surface area contributed by atoms with Gasteiger partial charge in [-0.2, -0.15) is 0 Å². The highest BCUT2D eigenvalue weighted by Crippen LogP contribution is 2.59. The predicted molar refractivity (Wildman–Crippen MR) is 142 cm³/mol. The van der Waals surface area contributed by atoms with Crippen molar-refractivity contribution in [1.82, 2.24) is 15.0 Å². The zero-order valence-electron chi connectivity index (χ0n) is 21.1. The van der Waals surface area contributed by atoms with Gasteiger partial charge in [0.2, 0.25) is 5.70 Å². The smallest absolute Gasteiger partial charge is 0.203 e. The fourth-order valence-corrected chi connectivity index (χ4v) is 6.69. The molecule has 2 aromatic heterocycles. The highest BCUT2D eigenvalue weighted by atomic mass is 19.1. The number of rotatable bonds is 2. The Morgan fingerprint density at radius 1 is 1.00 bits per heavy atom. The minimum absolute atomic E-state index is 0.0587. The normalized spacial score (nSPS) is 22.3. The van der Waals surface area contributed by atoms with Crippen LogP contribution in [0.1, 0.15) is 44.9 Å². The van der Waals surface area contributed by atoms with E-state index in [-0.39, 0.29) is 17.5 Å². The summed E-state index contributed by atoms with van der Waals surface area (Å²) in [6.07, 6.45) is 3.59. The Kier molecular flexibility index (Phi) is 5.17. The van der Waals surface area contributed by atoms with Gasteiger partial charge in [-0.1, -0.05) is 51.1 Å². The number of halogens is 1. The molecule has 6 heteroatoms. The molecule has 184 valence electrons. The van der Waals surface area contributed by atoms with Gasteiger partial charge in [-0.15, -0.1) is 0 Å². The minimum atomic E-state index is -0.586. The average molecular weight is 491 g/mol. The van der Waals surface area contributed by atoms with Crippen molar-refractivity contribution in [3.05, 3.63) is 101 Å². The number of hydrogen-bond acceptors (Lipinski definition) is 4. The number of benzene rings is 2. The Labute approximate surface area is 215 Å². The molecule has 0 saturated carbocycles. The maximum Gasteiger partial charge on any atom is 0.203 e. The topological polar surface area (TPSA) is 63.3 Å². The molecule has 6 rings (SSSR count). The maximum atomic E-state index is 15.2. The van der Waals surface area contributed by atoms with Crippen molar-refractivity contribution in [2.45, 2.75) is 45.4 Å². The van der Waals surface area contributed by atoms with E-state index in [4.69, 9.17) is 16.5 Å². The number of aliphatic hydroxyl groups is 1. The molecule has 2 heterocycles. The van der Waals surface area contributed by atoms with Gasteiger partial charge in [0.15, 0.2) is 5.82 Å². The van der Waals surface area contributed by atoms with Crippen LogP contribution in [0.3, 0.4) is 0 Å². The molecular formula is C31H27FN4O. The summed E-state index contributed by atoms with van der Waals surface area (Å²) < 4.78 is 15.2. The first kappa shape index (κ1) is 23.3. The summed E-state index contributed by atoms with van der Waals surface area (Å²) in [5.41, 5.74) is 3.73. The maximum absolute atomic E-state index is 15.2. The molecule has 2 atom stereocenters. The molecule has 0 bridgehead atoms. The lowest BCUT2D eigenvalue weighted by Gasteiger charge is -2.52. The van der Waals surface area contributed by atoms with Gasteiger partial charge in [0, 0.05) is 39.1 Å². The predicted octanol–water partition coefficient (Wildman–Crippen LogP) is 7.44. The number of fused-ring (bicyclic) bond motifs is 4. The summed E-state index contributed by atoms with van der Waals surface area (Å²) >= 11 is 0. The van der Waals surface area contributed by atoms with Crippen molar-refractivity contribution in [3.63, 3.8) is 0 Å². The lowest BCUT2D eigenvalue weighted by atomic mass is 9.52. The van der Waals surface area contributed by atoms with Gasteiger partial charge < -0.3 is 5.11 Å². The fourth-order valence-electron chi connectivity index (χ4n) is 6.69. The van der Waals surface area contributed by atoms with Gasteiger partial charge in [0.25, 0.3) is 0 Å². The second-order valence-electron chi connectivity index (χ2n) is 10.9. The Hall–Kier alpha value is -4.11. The minimum Gasteiger partial charge on any atom is -0.523 e. The van der Waals surface area contributed by atoms with E-state index in [1.807, 2.05) is 50.2 Å². The van der Waals surface area contributed by atoms with Crippen molar-refractivity contribution in [3.8, 4) is 22.6 Å². The molecule has 4 aromatic rings. The molecule has 0 aliphatic heterocycles. The summed E-state index contributed by atoms with van der Waals surface area (Å²) in [6.45, 7) is 13.9. The Bertz CT molecular complexity index is 1650. The number of pyridine rings is 1. The second-order valence-corrected chi connectivity index (χ2v) is 10.9. The van der Waals surface area contributed by atoms with Crippen LogP contribution in [0, 0.1) is 23.7 Å². The van der Waals surface area contributed by atoms with E-state index in [0.29, 0.717) is 35.6 Å². The molecule has 37 heavy (non-hydrogen) atoms. The zero-order valence-corrected chi connectivity index (χ0v) is 21.1. The third kappa shape index (κ3) is 3.37. The molecule has 2 aliphatic carbocycles. The molecule has 0 amide bonds. The van der Waals surface area contributed by atoms with E-state index >= 15 is 4.39 Å². The van der Waals surface area contributed by atoms with Crippen molar-refractivity contribution in [2.75, 3.05) is 0 Å². The third-order valence-electron chi connectivity index (χ3n) is 8.44. The summed E-state index contributed by atoms with van der Waals surface area (Å²) in [7, 11) is 0. The monoisotopic (exact) mass is 490 g/mol. The summed E-state index contributed by atoms with van der Waals surface area (Å²) in [4.78, 5) is 18.4. The summed E-state index contributed by atoms with van der Waals surface area (Å²) in [5, 5.41) is 11.9. The van der Waals surface area contributed by atoms with E-state index in [1.54, 1.807) is 18.3 Å². The van der Waals surface area contributed by atoms with Gasteiger partial charge in [-0.3, -0.25) is 4.98 Å². The highest BCUT2D eigenvalue weighted by molar-refractivity contribution is 5.93. The van der Waals surface area contributed by atoms with Crippen LogP contribution in [-0.2, 0) is 11.8 Å². The first-order valence-corrected chi connectivity index (χ1v) is 12.6. The average Bonchev–Trinajstić information content (AvgIpc) is 2.90. The number of hydrogen-bond donors (Lipinski definition) is 1. The van der Waals surface area contributed by atoms with E-state index in [2.05, 4.69) is 16.8 Å². The third-order valence-corrected chi connectivity index (χ3v) is 8.44. The van der Waals surface area contributed by atoms with E-state index in [1.165, 1.54) is 6.07 Å². The van der Waals surface area contributed by atoms with Crippen molar-refractivity contribution in [2.24, 2.45) is 11.3 Å². The SMILES string of the molecule is [C-]#[N+]C1=C(O)C(C)(C)[C@H]2CCc3c(-c4ccccc4F)nc(-c4cccc5ncccc45)nc3[C@]2(C)C1. The van der Waals surface area contributed by atoms with Gasteiger partial charge in [0.05, 0.1) is 23.5 Å². The molecule has 1 N–H and O–H groups in total. The molecule has 2 aliphatic rings. The standard InChI is InChI=1S/C31H27FN4O/c1-30(2)25-15-14-21-26(20-9-5-6-12-22(20)32)35-29(19-10-7-13-23-18(19)11-8-16-34-23)36-27(21)31(25,3)17-24(33-4)28(30)37/h5-13,16,25,37H,14-15,17H2,1-3H3/t25-,31-/m1/s1. The van der Waals surface area contributed by atoms with Crippen molar-refractivity contribution >= 4 is 10.9 Å². The highest BCUT2D eigenvalue weighted by Gasteiger charge is 2.55. The van der Waals surface area contributed by atoms with E-state index in [0.717, 1.165) is 34.1 Å². The largest absolute Gasteiger partial charge is 0.523 e. The Balaban J connectivity index is 1.68. The van der Waals surface area contributed by atoms with Crippen LogP contribution in [0.15, 0.2) is 72.3 Å². The van der Waals surface area contributed by atoms with Crippen LogP contribution >= 0.6 is 0 Å². The van der Waals surface area contributed by atoms with E-state index in [9.17, 15) is 5.11 Å². The first-order valence-electron chi connectivity index (χ1n) is 12.6. The molecule has 0 saturated heterocycles. The van der Waals surface area contributed by atoms with Crippen LogP contribution in [0.2, 0.25) is 0 Å². The number of allylic oxidation sites excluding steroid dienone is 2. The fraction of sp³-hybridized carbons (Fsp3) is 0.290. The molecule has 0 spiro atoms. The lowest BCUT2D eigenvalue weighted by molar-refractivity contribution is 0.0625. The van der Waals surface area contributed by atoms with Gasteiger partial charge >= 0.3 is 0 Å². The summed E-state index contributed by atoms with van der Waals surface area (Å²) in [6, 6.07) is 16.5. The molecule has 0 radical (unpaired) electrons. The molecule has 5 nitrogen and oxygen atoms in total. The summed E-state index contributed by atoms with van der Waals surface area (Å²) in [5.74, 6) is 0.420. The van der Waals surface area contributed by atoms with Gasteiger partial charge in [-0.25, -0.2) is 19.2 Å². The van der Waals surface area contributed by atoms with Crippen LogP contribution in [0.5, 0.6) is 0 Å². The quantitative estimate of drug-likeness (QED) is 0.297. The van der Waals surface area contributed by atoms with Crippen LogP contribution in [0.25, 0.3) is 38.4 Å². The molecule has 0 fully saturated rings. The Morgan fingerprint density at radius 3 is 2.57 bits per heavy atom.